The topological polar surface area (TPSA) is 93.6 Å². The first kappa shape index (κ1) is 29.1. The van der Waals surface area contributed by atoms with Gasteiger partial charge in [0, 0.05) is 49.3 Å². The van der Waals surface area contributed by atoms with Gasteiger partial charge in [0.05, 0.1) is 30.8 Å². The third-order valence-corrected chi connectivity index (χ3v) is 9.72. The summed E-state index contributed by atoms with van der Waals surface area (Å²) in [6.45, 7) is 3.46. The van der Waals surface area contributed by atoms with E-state index in [2.05, 4.69) is 17.5 Å². The lowest BCUT2D eigenvalue weighted by Gasteiger charge is -2.45. The number of benzene rings is 2. The van der Waals surface area contributed by atoms with Crippen molar-refractivity contribution >= 4 is 28.3 Å². The Morgan fingerprint density at radius 2 is 1.76 bits per heavy atom. The molecular formula is C25H32F3N3O5S2. The van der Waals surface area contributed by atoms with Gasteiger partial charge in [-0.3, -0.25) is 4.90 Å². The molecule has 2 N–H and O–H groups in total. The van der Waals surface area contributed by atoms with Crippen molar-refractivity contribution in [2.24, 2.45) is 0 Å². The molecule has 0 amide bonds. The Balaban J connectivity index is 1.63. The summed E-state index contributed by atoms with van der Waals surface area (Å²) in [6.07, 6.45) is -5.05. The highest BCUT2D eigenvalue weighted by Crippen LogP contribution is 2.39. The lowest BCUT2D eigenvalue weighted by molar-refractivity contribution is -0.277. The van der Waals surface area contributed by atoms with Crippen molar-refractivity contribution in [2.75, 3.05) is 57.4 Å². The molecule has 210 valence electrons. The summed E-state index contributed by atoms with van der Waals surface area (Å²) in [5.74, 6) is 0. The molecule has 2 aromatic rings. The standard InChI is InChI=1S/C25H32F3N3O5S2/c1-18-16-36-13-12-29(18)14-21-15-30(38(34,35)23-5-3-2-4-22(23)37)10-11-31(21)20-8-6-19(7-9-20)24(33,17-32)25(26,27)28/h2-9,18,21,32-33,37H,10-17H2,1H3/t18-,21-,24+/m0/s1. The number of anilines is 1. The second-order valence-electron chi connectivity index (χ2n) is 9.66. The Morgan fingerprint density at radius 3 is 2.37 bits per heavy atom. The number of morpholine rings is 1. The maximum absolute atomic E-state index is 13.5. The number of ether oxygens (including phenoxy) is 1. The molecular weight excluding hydrogens is 543 g/mol. The molecule has 0 aromatic heterocycles. The number of halogens is 3. The van der Waals surface area contributed by atoms with Crippen LogP contribution in [0.3, 0.4) is 0 Å². The van der Waals surface area contributed by atoms with Gasteiger partial charge in [-0.05, 0) is 36.8 Å². The number of rotatable bonds is 7. The molecule has 3 atom stereocenters. The molecule has 2 heterocycles. The zero-order valence-corrected chi connectivity index (χ0v) is 22.6. The molecule has 0 saturated carbocycles. The van der Waals surface area contributed by atoms with Crippen LogP contribution < -0.4 is 4.90 Å². The number of hydrogen-bond donors (Lipinski definition) is 3. The molecule has 0 spiro atoms. The quantitative estimate of drug-likeness (QED) is 0.437. The van der Waals surface area contributed by atoms with Crippen LogP contribution in [-0.4, -0.2) is 98.6 Å². The number of aliphatic hydroxyl groups excluding tert-OH is 1. The minimum absolute atomic E-state index is 0.115. The van der Waals surface area contributed by atoms with Crippen molar-refractivity contribution in [3.63, 3.8) is 0 Å². The summed E-state index contributed by atoms with van der Waals surface area (Å²) in [7, 11) is -3.83. The molecule has 2 aliphatic heterocycles. The van der Waals surface area contributed by atoms with Gasteiger partial charge in [-0.1, -0.05) is 24.3 Å². The largest absolute Gasteiger partial charge is 0.423 e. The van der Waals surface area contributed by atoms with Gasteiger partial charge < -0.3 is 19.8 Å². The summed E-state index contributed by atoms with van der Waals surface area (Å²) in [5.41, 5.74) is -3.25. The Hall–Kier alpha value is -1.87. The molecule has 0 bridgehead atoms. The zero-order chi connectivity index (χ0) is 27.7. The molecule has 8 nitrogen and oxygen atoms in total. The van der Waals surface area contributed by atoms with Gasteiger partial charge in [-0.15, -0.1) is 12.6 Å². The van der Waals surface area contributed by atoms with Crippen molar-refractivity contribution in [2.45, 2.75) is 40.6 Å². The Morgan fingerprint density at radius 1 is 1.08 bits per heavy atom. The van der Waals surface area contributed by atoms with E-state index in [0.717, 1.165) is 12.1 Å². The number of thiol groups is 1. The molecule has 0 aliphatic carbocycles. The molecule has 2 fully saturated rings. The van der Waals surface area contributed by atoms with E-state index >= 15 is 0 Å². The number of alkyl halides is 3. The first-order valence-corrected chi connectivity index (χ1v) is 14.1. The van der Waals surface area contributed by atoms with Gasteiger partial charge in [-0.25, -0.2) is 8.42 Å². The summed E-state index contributed by atoms with van der Waals surface area (Å²) in [4.78, 5) is 4.67. The summed E-state index contributed by atoms with van der Waals surface area (Å²) in [6, 6.07) is 11.5. The van der Waals surface area contributed by atoms with Gasteiger partial charge in [0.25, 0.3) is 0 Å². The van der Waals surface area contributed by atoms with E-state index in [9.17, 15) is 31.8 Å². The van der Waals surface area contributed by atoms with E-state index < -0.39 is 34.0 Å². The minimum Gasteiger partial charge on any atom is -0.393 e. The minimum atomic E-state index is -5.05. The van der Waals surface area contributed by atoms with Crippen LogP contribution in [0.15, 0.2) is 58.3 Å². The number of nitrogens with zero attached hydrogens (tertiary/aromatic N) is 3. The van der Waals surface area contributed by atoms with E-state index in [1.54, 1.807) is 18.2 Å². The lowest BCUT2D eigenvalue weighted by atomic mass is 9.93. The van der Waals surface area contributed by atoms with Crippen LogP contribution in [0.25, 0.3) is 0 Å². The predicted octanol–water partition coefficient (Wildman–Crippen LogP) is 2.32. The number of sulfonamides is 1. The first-order valence-electron chi connectivity index (χ1n) is 12.3. The molecule has 2 aliphatic rings. The van der Waals surface area contributed by atoms with Crippen molar-refractivity contribution < 1.29 is 36.5 Å². The van der Waals surface area contributed by atoms with Crippen LogP contribution in [0.4, 0.5) is 18.9 Å². The normalized spacial score (nSPS) is 23.8. The van der Waals surface area contributed by atoms with Crippen LogP contribution in [-0.2, 0) is 20.4 Å². The Bertz CT molecular complexity index is 1220. The van der Waals surface area contributed by atoms with Crippen LogP contribution in [0.5, 0.6) is 0 Å². The zero-order valence-electron chi connectivity index (χ0n) is 20.9. The number of hydrogen-bond acceptors (Lipinski definition) is 8. The SMILES string of the molecule is C[C@H]1COCCN1C[C@H]1CN(S(=O)(=O)c2ccccc2S)CCN1c1ccc([C@](O)(CO)C(F)(F)F)cc1. The first-order chi connectivity index (χ1) is 17.9. The summed E-state index contributed by atoms with van der Waals surface area (Å²) < 4.78 is 74.2. The Kier molecular flexibility index (Phi) is 8.67. The Labute approximate surface area is 226 Å². The molecule has 2 saturated heterocycles. The van der Waals surface area contributed by atoms with Gasteiger partial charge in [0.15, 0.2) is 0 Å². The van der Waals surface area contributed by atoms with E-state index in [4.69, 9.17) is 4.74 Å². The van der Waals surface area contributed by atoms with Crippen molar-refractivity contribution in [3.8, 4) is 0 Å². The van der Waals surface area contributed by atoms with Crippen LogP contribution in [0, 0.1) is 0 Å². The smallest absolute Gasteiger partial charge is 0.393 e. The van der Waals surface area contributed by atoms with Crippen molar-refractivity contribution in [3.05, 3.63) is 54.1 Å². The summed E-state index contributed by atoms with van der Waals surface area (Å²) >= 11 is 4.33. The molecule has 0 radical (unpaired) electrons. The third kappa shape index (κ3) is 5.69. The molecule has 13 heteroatoms. The van der Waals surface area contributed by atoms with Crippen LogP contribution in [0.2, 0.25) is 0 Å². The monoisotopic (exact) mass is 575 g/mol. The van der Waals surface area contributed by atoms with Crippen LogP contribution in [0.1, 0.15) is 12.5 Å². The number of piperazine rings is 1. The summed E-state index contributed by atoms with van der Waals surface area (Å²) in [5, 5.41) is 19.4. The maximum atomic E-state index is 13.5. The van der Waals surface area contributed by atoms with Gasteiger partial charge in [0.2, 0.25) is 15.6 Å². The van der Waals surface area contributed by atoms with Gasteiger partial charge >= 0.3 is 6.18 Å². The fourth-order valence-electron chi connectivity index (χ4n) is 4.93. The number of aliphatic hydroxyl groups is 2. The lowest BCUT2D eigenvalue weighted by Crippen LogP contribution is -2.60. The molecule has 38 heavy (non-hydrogen) atoms. The molecule has 0 unspecified atom stereocenters. The average Bonchev–Trinajstić information content (AvgIpc) is 2.89. The fraction of sp³-hybridized carbons (Fsp3) is 0.520. The van der Waals surface area contributed by atoms with Gasteiger partial charge in [0.1, 0.15) is 0 Å². The fourth-order valence-corrected chi connectivity index (χ4v) is 6.99. The van der Waals surface area contributed by atoms with Crippen LogP contribution >= 0.6 is 12.6 Å². The van der Waals surface area contributed by atoms with Crippen molar-refractivity contribution in [1.82, 2.24) is 9.21 Å². The van der Waals surface area contributed by atoms with E-state index in [1.807, 2.05) is 11.8 Å². The average molecular weight is 576 g/mol. The van der Waals surface area contributed by atoms with Gasteiger partial charge in [-0.2, -0.15) is 17.5 Å². The highest BCUT2D eigenvalue weighted by Gasteiger charge is 2.54. The highest BCUT2D eigenvalue weighted by atomic mass is 32.2. The maximum Gasteiger partial charge on any atom is 0.423 e. The van der Waals surface area contributed by atoms with Crippen molar-refractivity contribution in [1.29, 1.82) is 0 Å². The second kappa shape index (κ2) is 11.3. The van der Waals surface area contributed by atoms with E-state index in [0.29, 0.717) is 43.4 Å². The van der Waals surface area contributed by atoms with E-state index in [-0.39, 0.29) is 30.1 Å². The highest BCUT2D eigenvalue weighted by molar-refractivity contribution is 7.90. The second-order valence-corrected chi connectivity index (χ2v) is 12.0. The predicted molar refractivity (Wildman–Crippen MR) is 139 cm³/mol. The molecule has 4 rings (SSSR count). The van der Waals surface area contributed by atoms with E-state index in [1.165, 1.54) is 22.5 Å². The third-order valence-electron chi connectivity index (χ3n) is 7.25. The molecule has 2 aromatic carbocycles.